The smallest absolute Gasteiger partial charge is 0.227 e. The molecular formula is C21H32N2O4. The van der Waals surface area contributed by atoms with Gasteiger partial charge in [0.2, 0.25) is 11.8 Å². The molecule has 150 valence electrons. The van der Waals surface area contributed by atoms with Crippen LogP contribution < -0.4 is 20.1 Å². The average Bonchev–Trinajstić information content (AvgIpc) is 2.68. The Hall–Kier alpha value is -2.24. The first kappa shape index (κ1) is 21.1. The molecule has 0 atom stereocenters. The van der Waals surface area contributed by atoms with Crippen molar-refractivity contribution in [3.63, 3.8) is 0 Å². The van der Waals surface area contributed by atoms with Crippen LogP contribution in [0.2, 0.25) is 0 Å². The molecule has 1 fully saturated rings. The van der Waals surface area contributed by atoms with Crippen LogP contribution in [0.4, 0.5) is 5.69 Å². The number of rotatable bonds is 8. The summed E-state index contributed by atoms with van der Waals surface area (Å²) >= 11 is 0. The van der Waals surface area contributed by atoms with Gasteiger partial charge in [0.15, 0.2) is 0 Å². The van der Waals surface area contributed by atoms with Gasteiger partial charge in [-0.25, -0.2) is 0 Å². The zero-order valence-corrected chi connectivity index (χ0v) is 16.8. The highest BCUT2D eigenvalue weighted by Crippen LogP contribution is 2.33. The Kier molecular flexibility index (Phi) is 7.95. The molecule has 2 rings (SSSR count). The number of ether oxygens (including phenoxy) is 2. The number of carbonyl (C=O) groups excluding carboxylic acids is 2. The van der Waals surface area contributed by atoms with Crippen LogP contribution in [-0.4, -0.2) is 32.6 Å². The predicted octanol–water partition coefficient (Wildman–Crippen LogP) is 3.61. The van der Waals surface area contributed by atoms with Crippen LogP contribution in [0.15, 0.2) is 18.2 Å². The number of carbonyl (C=O) groups is 2. The minimum atomic E-state index is -0.0727. The molecule has 6 heteroatoms. The minimum Gasteiger partial charge on any atom is -0.497 e. The van der Waals surface area contributed by atoms with Crippen LogP contribution in [0, 0.1) is 17.8 Å². The Morgan fingerprint density at radius 1 is 1.04 bits per heavy atom. The molecular weight excluding hydrogens is 344 g/mol. The summed E-state index contributed by atoms with van der Waals surface area (Å²) in [6, 6.07) is 5.31. The first-order valence-corrected chi connectivity index (χ1v) is 9.75. The first-order chi connectivity index (χ1) is 12.9. The third kappa shape index (κ3) is 6.15. The van der Waals surface area contributed by atoms with Crippen LogP contribution in [0.25, 0.3) is 0 Å². The van der Waals surface area contributed by atoms with E-state index in [0.29, 0.717) is 23.1 Å². The second-order valence-electron chi connectivity index (χ2n) is 7.58. The fraction of sp³-hybridized carbons (Fsp3) is 0.619. The monoisotopic (exact) mass is 376 g/mol. The normalized spacial score (nSPS) is 19.4. The van der Waals surface area contributed by atoms with Gasteiger partial charge in [0.25, 0.3) is 0 Å². The summed E-state index contributed by atoms with van der Waals surface area (Å²) in [5, 5.41) is 5.98. The van der Waals surface area contributed by atoms with E-state index in [4.69, 9.17) is 9.47 Å². The molecule has 27 heavy (non-hydrogen) atoms. The van der Waals surface area contributed by atoms with Crippen LogP contribution in [-0.2, 0) is 9.59 Å². The van der Waals surface area contributed by atoms with Crippen molar-refractivity contribution >= 4 is 17.5 Å². The first-order valence-electron chi connectivity index (χ1n) is 9.75. The van der Waals surface area contributed by atoms with Crippen LogP contribution in [0.5, 0.6) is 11.5 Å². The van der Waals surface area contributed by atoms with Gasteiger partial charge >= 0.3 is 0 Å². The fourth-order valence-electron chi connectivity index (χ4n) is 3.38. The van der Waals surface area contributed by atoms with E-state index in [0.717, 1.165) is 38.6 Å². The van der Waals surface area contributed by atoms with E-state index in [1.165, 1.54) is 0 Å². The summed E-state index contributed by atoms with van der Waals surface area (Å²) in [7, 11) is 3.15. The Morgan fingerprint density at radius 2 is 1.67 bits per heavy atom. The number of hydrogen-bond donors (Lipinski definition) is 2. The molecule has 1 aliphatic carbocycles. The van der Waals surface area contributed by atoms with Gasteiger partial charge in [0, 0.05) is 24.4 Å². The fourth-order valence-corrected chi connectivity index (χ4v) is 3.38. The number of hydrogen-bond acceptors (Lipinski definition) is 4. The highest BCUT2D eigenvalue weighted by atomic mass is 16.5. The van der Waals surface area contributed by atoms with E-state index in [-0.39, 0.29) is 23.7 Å². The Bertz CT molecular complexity index is 637. The number of anilines is 1. The van der Waals surface area contributed by atoms with Crippen molar-refractivity contribution in [2.24, 2.45) is 17.8 Å². The highest BCUT2D eigenvalue weighted by Gasteiger charge is 2.30. The lowest BCUT2D eigenvalue weighted by Crippen LogP contribution is -2.36. The van der Waals surface area contributed by atoms with Gasteiger partial charge in [-0.3, -0.25) is 9.59 Å². The molecule has 2 amide bonds. The summed E-state index contributed by atoms with van der Waals surface area (Å²) in [5.41, 5.74) is 0.636. The maximum absolute atomic E-state index is 12.6. The van der Waals surface area contributed by atoms with Crippen molar-refractivity contribution in [3.05, 3.63) is 18.2 Å². The largest absolute Gasteiger partial charge is 0.497 e. The van der Waals surface area contributed by atoms with Gasteiger partial charge in [-0.05, 0) is 50.2 Å². The molecule has 2 N–H and O–H groups in total. The molecule has 0 heterocycles. The maximum Gasteiger partial charge on any atom is 0.227 e. The topological polar surface area (TPSA) is 76.7 Å². The molecule has 0 aliphatic heterocycles. The molecule has 0 unspecified atom stereocenters. The van der Waals surface area contributed by atoms with E-state index in [1.807, 2.05) is 0 Å². The van der Waals surface area contributed by atoms with Crippen molar-refractivity contribution in [1.29, 1.82) is 0 Å². The third-order valence-corrected chi connectivity index (χ3v) is 5.16. The summed E-state index contributed by atoms with van der Waals surface area (Å²) in [4.78, 5) is 24.9. The molecule has 1 aromatic rings. The van der Waals surface area contributed by atoms with E-state index in [9.17, 15) is 9.59 Å². The lowest BCUT2D eigenvalue weighted by Gasteiger charge is -2.27. The third-order valence-electron chi connectivity index (χ3n) is 5.16. The second-order valence-corrected chi connectivity index (χ2v) is 7.58. The number of methoxy groups -OCH3 is 2. The van der Waals surface area contributed by atoms with Gasteiger partial charge in [-0.15, -0.1) is 0 Å². The van der Waals surface area contributed by atoms with Crippen molar-refractivity contribution in [2.45, 2.75) is 46.0 Å². The average molecular weight is 376 g/mol. The van der Waals surface area contributed by atoms with E-state index in [2.05, 4.69) is 24.5 Å². The summed E-state index contributed by atoms with van der Waals surface area (Å²) in [6.07, 6.45) is 3.96. The van der Waals surface area contributed by atoms with Gasteiger partial charge < -0.3 is 20.1 Å². The van der Waals surface area contributed by atoms with Crippen LogP contribution >= 0.6 is 0 Å². The lowest BCUT2D eigenvalue weighted by atomic mass is 9.81. The standard InChI is InChI=1S/C21H32N2O4/c1-14(2)11-12-22-20(24)15-5-7-16(8-6-15)21(25)23-18-10-9-17(26-3)13-19(18)27-4/h9-10,13-16H,5-8,11-12H2,1-4H3,(H,22,24)(H,23,25). The minimum absolute atomic E-state index is 0.0165. The van der Waals surface area contributed by atoms with E-state index >= 15 is 0 Å². The van der Waals surface area contributed by atoms with Crippen LogP contribution in [0.3, 0.4) is 0 Å². The highest BCUT2D eigenvalue weighted by molar-refractivity contribution is 5.94. The van der Waals surface area contributed by atoms with Gasteiger partial charge in [0.05, 0.1) is 19.9 Å². The SMILES string of the molecule is COc1ccc(NC(=O)C2CCC(C(=O)NCCC(C)C)CC2)c(OC)c1. The Morgan fingerprint density at radius 3 is 2.22 bits per heavy atom. The Balaban J connectivity index is 1.83. The summed E-state index contributed by atoms with van der Waals surface area (Å²) in [5.74, 6) is 1.89. The molecule has 0 radical (unpaired) electrons. The predicted molar refractivity (Wildman–Crippen MR) is 106 cm³/mol. The zero-order valence-electron chi connectivity index (χ0n) is 16.8. The molecule has 0 saturated heterocycles. The van der Waals surface area contributed by atoms with Crippen molar-refractivity contribution in [2.75, 3.05) is 26.1 Å². The van der Waals surface area contributed by atoms with E-state index in [1.54, 1.807) is 32.4 Å². The van der Waals surface area contributed by atoms with E-state index < -0.39 is 0 Å². The molecule has 0 bridgehead atoms. The van der Waals surface area contributed by atoms with Gasteiger partial charge in [0.1, 0.15) is 11.5 Å². The number of nitrogens with one attached hydrogen (secondary N) is 2. The summed E-state index contributed by atoms with van der Waals surface area (Å²) in [6.45, 7) is 5.02. The number of benzene rings is 1. The quantitative estimate of drug-likeness (QED) is 0.727. The van der Waals surface area contributed by atoms with Crippen LogP contribution in [0.1, 0.15) is 46.0 Å². The lowest BCUT2D eigenvalue weighted by molar-refractivity contribution is -0.128. The second kappa shape index (κ2) is 10.2. The summed E-state index contributed by atoms with van der Waals surface area (Å²) < 4.78 is 10.5. The molecule has 1 aromatic carbocycles. The molecule has 6 nitrogen and oxygen atoms in total. The van der Waals surface area contributed by atoms with Gasteiger partial charge in [-0.2, -0.15) is 0 Å². The Labute approximate surface area is 162 Å². The molecule has 0 aromatic heterocycles. The maximum atomic E-state index is 12.6. The van der Waals surface area contributed by atoms with Crippen molar-refractivity contribution in [3.8, 4) is 11.5 Å². The molecule has 1 saturated carbocycles. The van der Waals surface area contributed by atoms with Gasteiger partial charge in [-0.1, -0.05) is 13.8 Å². The van der Waals surface area contributed by atoms with Crippen molar-refractivity contribution in [1.82, 2.24) is 5.32 Å². The molecule has 1 aliphatic rings. The number of amides is 2. The van der Waals surface area contributed by atoms with Crippen molar-refractivity contribution < 1.29 is 19.1 Å². The molecule has 0 spiro atoms. The zero-order chi connectivity index (χ0) is 19.8.